The Hall–Kier alpha value is -0.566. The molecule has 4 heteroatoms. The average Bonchev–Trinajstić information content (AvgIpc) is 2.73. The first kappa shape index (κ1) is 20.5. The van der Waals surface area contributed by atoms with Crippen molar-refractivity contribution in [2.75, 3.05) is 0 Å². The van der Waals surface area contributed by atoms with Crippen LogP contribution in [0.25, 0.3) is 10.8 Å². The molecule has 0 saturated carbocycles. The van der Waals surface area contributed by atoms with E-state index in [2.05, 4.69) is 69.3 Å². The van der Waals surface area contributed by atoms with Crippen LogP contribution in [0.4, 0.5) is 0 Å². The zero-order chi connectivity index (χ0) is 14.8. The Labute approximate surface area is 160 Å². The summed E-state index contributed by atoms with van der Waals surface area (Å²) in [5.41, 5.74) is 4.18. The first-order valence-corrected chi connectivity index (χ1v) is 8.82. The van der Waals surface area contributed by atoms with Crippen LogP contribution in [0.2, 0.25) is 0 Å². The summed E-state index contributed by atoms with van der Waals surface area (Å²) in [6.07, 6.45) is 2.36. The molecule has 0 bridgehead atoms. The van der Waals surface area contributed by atoms with E-state index in [1.54, 1.807) is 3.88 Å². The number of fused-ring (bicyclic) bond motifs is 1. The predicted octanol–water partition coefficient (Wildman–Crippen LogP) is 6.07. The van der Waals surface area contributed by atoms with Gasteiger partial charge in [-0.3, -0.25) is 0 Å². The van der Waals surface area contributed by atoms with Crippen molar-refractivity contribution in [1.82, 2.24) is 0 Å². The van der Waals surface area contributed by atoms with Gasteiger partial charge in [0.25, 0.3) is 0 Å². The summed E-state index contributed by atoms with van der Waals surface area (Å²) in [5, 5.41) is 2.60. The van der Waals surface area contributed by atoms with E-state index in [1.165, 1.54) is 27.5 Å². The summed E-state index contributed by atoms with van der Waals surface area (Å²) in [6, 6.07) is 15.0. The topological polar surface area (TPSA) is 9.23 Å². The van der Waals surface area contributed by atoms with E-state index in [9.17, 15) is 0 Å². The Kier molecular flexibility index (Phi) is 8.06. The summed E-state index contributed by atoms with van der Waals surface area (Å²) in [6.45, 7) is 7.44. The van der Waals surface area contributed by atoms with Crippen LogP contribution in [-0.4, -0.2) is 0 Å². The van der Waals surface area contributed by atoms with E-state index in [0.717, 1.165) is 6.61 Å². The zero-order valence-corrected chi connectivity index (χ0v) is 16.8. The van der Waals surface area contributed by atoms with Crippen LogP contribution in [0, 0.1) is 5.92 Å². The van der Waals surface area contributed by atoms with Gasteiger partial charge >= 0.3 is 136 Å². The zero-order valence-electron chi connectivity index (χ0n) is 13.6. The molecule has 23 heavy (non-hydrogen) atoms. The summed E-state index contributed by atoms with van der Waals surface area (Å²) >= 11 is -0.487. The van der Waals surface area contributed by atoms with Gasteiger partial charge in [-0.1, -0.05) is 0 Å². The number of allylic oxidation sites excluding steroid dienone is 4. The largest absolute Gasteiger partial charge is 0.147 e. The molecule has 2 aromatic carbocycles. The summed E-state index contributed by atoms with van der Waals surface area (Å²) in [5.74, 6) is 0.567. The normalized spacial score (nSPS) is 16.7. The van der Waals surface area contributed by atoms with Gasteiger partial charge in [0.2, 0.25) is 0 Å². The van der Waals surface area contributed by atoms with Crippen LogP contribution >= 0.6 is 24.8 Å². The summed E-state index contributed by atoms with van der Waals surface area (Å²) < 4.78 is 7.68. The van der Waals surface area contributed by atoms with E-state index in [-0.39, 0.29) is 24.8 Å². The molecule has 0 radical (unpaired) electrons. The van der Waals surface area contributed by atoms with E-state index in [4.69, 9.17) is 3.32 Å². The summed E-state index contributed by atoms with van der Waals surface area (Å²) in [7, 11) is 0. The molecular weight excluding hydrogens is 363 g/mol. The molecule has 1 nitrogen and oxygen atoms in total. The number of halogens is 2. The molecule has 0 aromatic heterocycles. The van der Waals surface area contributed by atoms with Crippen molar-refractivity contribution in [3.8, 4) is 0 Å². The molecule has 0 spiro atoms. The molecule has 1 atom stereocenters. The van der Waals surface area contributed by atoms with Gasteiger partial charge in [-0.15, -0.1) is 24.8 Å². The summed E-state index contributed by atoms with van der Waals surface area (Å²) in [4.78, 5) is 0. The van der Waals surface area contributed by atoms with Crippen LogP contribution in [0.1, 0.15) is 26.3 Å². The maximum absolute atomic E-state index is 6.13. The third-order valence-electron chi connectivity index (χ3n) is 4.24. The molecule has 1 unspecified atom stereocenters. The third kappa shape index (κ3) is 4.50. The van der Waals surface area contributed by atoms with E-state index >= 15 is 0 Å². The van der Waals surface area contributed by atoms with Crippen molar-refractivity contribution in [3.63, 3.8) is 0 Å². The molecule has 0 heterocycles. The molecule has 2 aromatic rings. The third-order valence-corrected chi connectivity index (χ3v) is 6.33. The Morgan fingerprint density at radius 1 is 1.00 bits per heavy atom. The van der Waals surface area contributed by atoms with Gasteiger partial charge in [-0.05, 0) is 0 Å². The van der Waals surface area contributed by atoms with Crippen molar-refractivity contribution in [3.05, 3.63) is 69.1 Å². The van der Waals surface area contributed by atoms with Gasteiger partial charge in [-0.25, -0.2) is 0 Å². The number of benzene rings is 2. The fourth-order valence-electron chi connectivity index (χ4n) is 2.92. The van der Waals surface area contributed by atoms with E-state index in [1.807, 2.05) is 0 Å². The predicted molar refractivity (Wildman–Crippen MR) is 98.9 cm³/mol. The number of rotatable bonds is 4. The molecule has 122 valence electrons. The molecule has 0 N–H and O–H groups in total. The van der Waals surface area contributed by atoms with Gasteiger partial charge in [-0.2, -0.15) is 0 Å². The Morgan fingerprint density at radius 3 is 2.39 bits per heavy atom. The van der Waals surface area contributed by atoms with Crippen LogP contribution in [-0.2, 0) is 29.5 Å². The standard InChI is InChI=1S/C11H9O.C8H11.2ClH.Ti/c12-8-10-6-3-5-9-4-1-2-7-11(9)10;1-6-4-7(2)8(3)5-6;;;/h1-7H,8H2;4,6H,1-3H3;2*1H;/q-1;;;;+1. The molecule has 1 aliphatic carbocycles. The molecule has 1 aliphatic rings. The van der Waals surface area contributed by atoms with Crippen LogP contribution < -0.4 is 0 Å². The molecule has 0 aliphatic heterocycles. The molecular formula is C19H22Cl2OTi. The van der Waals surface area contributed by atoms with Crippen LogP contribution in [0.3, 0.4) is 0 Å². The van der Waals surface area contributed by atoms with Gasteiger partial charge < -0.3 is 0 Å². The van der Waals surface area contributed by atoms with Crippen LogP contribution in [0.15, 0.2) is 63.6 Å². The Bertz CT molecular complexity index is 732. The fourth-order valence-corrected chi connectivity index (χ4v) is 4.48. The van der Waals surface area contributed by atoms with Gasteiger partial charge in [0, 0.05) is 0 Å². The monoisotopic (exact) mass is 384 g/mol. The average molecular weight is 385 g/mol. The van der Waals surface area contributed by atoms with E-state index < -0.39 is 19.5 Å². The molecule has 0 amide bonds. The minimum atomic E-state index is -0.487. The van der Waals surface area contributed by atoms with Crippen molar-refractivity contribution in [2.24, 2.45) is 5.92 Å². The van der Waals surface area contributed by atoms with Crippen molar-refractivity contribution < 1.29 is 22.9 Å². The first-order valence-electron chi connectivity index (χ1n) is 7.41. The quantitative estimate of drug-likeness (QED) is 0.581. The molecule has 3 rings (SSSR count). The Balaban J connectivity index is 0.00000132. The van der Waals surface area contributed by atoms with E-state index in [0.29, 0.717) is 5.92 Å². The second kappa shape index (κ2) is 9.06. The number of hydrogen-bond acceptors (Lipinski definition) is 1. The molecule has 0 saturated heterocycles. The minimum absolute atomic E-state index is 0. The second-order valence-corrected chi connectivity index (χ2v) is 7.32. The van der Waals surface area contributed by atoms with Gasteiger partial charge in [0.1, 0.15) is 0 Å². The minimum Gasteiger partial charge on any atom is -0.147 e. The first-order chi connectivity index (χ1) is 10.2. The fraction of sp³-hybridized carbons (Fsp3) is 0.263. The second-order valence-electron chi connectivity index (χ2n) is 5.71. The maximum Gasteiger partial charge on any atom is -0.147 e. The SMILES string of the molecule is CC1=CC(C)[C]([Ti][O]Cc2cccc3ccccc23)=C1C.Cl.Cl. The van der Waals surface area contributed by atoms with Crippen molar-refractivity contribution in [1.29, 1.82) is 0 Å². The van der Waals surface area contributed by atoms with Crippen molar-refractivity contribution >= 4 is 35.6 Å². The maximum atomic E-state index is 6.13. The van der Waals surface area contributed by atoms with Gasteiger partial charge in [0.15, 0.2) is 0 Å². The van der Waals surface area contributed by atoms with Gasteiger partial charge in [0.05, 0.1) is 0 Å². The van der Waals surface area contributed by atoms with Crippen molar-refractivity contribution in [2.45, 2.75) is 27.4 Å². The van der Waals surface area contributed by atoms with Crippen LogP contribution in [0.5, 0.6) is 0 Å². The smallest absolute Gasteiger partial charge is 0.147 e. The number of hydrogen-bond donors (Lipinski definition) is 0. The Morgan fingerprint density at radius 2 is 1.70 bits per heavy atom. The molecule has 0 fully saturated rings.